The molecule has 1 unspecified atom stereocenters. The van der Waals surface area contributed by atoms with E-state index in [0.29, 0.717) is 13.2 Å². The van der Waals surface area contributed by atoms with Crippen molar-refractivity contribution in [2.24, 2.45) is 4.99 Å². The standard InChI is InChI=1S/C17H20N4O2/c1-22-8-9-23-14-6-7-15-16(10-14)19-11-20-17(15)21-13-4-2-12(18)3-5-13/h2-7,10-11,17,21H,8-9,18H2,1H3,(H,19,20). The molecule has 0 saturated carbocycles. The molecule has 1 atom stereocenters. The van der Waals surface area contributed by atoms with Gasteiger partial charge in [-0.1, -0.05) is 0 Å². The Labute approximate surface area is 135 Å². The van der Waals surface area contributed by atoms with Crippen LogP contribution in [0, 0.1) is 0 Å². The largest absolute Gasteiger partial charge is 0.491 e. The fourth-order valence-electron chi connectivity index (χ4n) is 2.35. The number of hydrogen-bond acceptors (Lipinski definition) is 6. The molecule has 6 nitrogen and oxygen atoms in total. The van der Waals surface area contributed by atoms with Crippen LogP contribution < -0.4 is 21.1 Å². The van der Waals surface area contributed by atoms with Gasteiger partial charge in [0, 0.05) is 30.1 Å². The molecule has 0 aliphatic carbocycles. The number of nitrogens with zero attached hydrogens (tertiary/aromatic N) is 1. The third kappa shape index (κ3) is 3.73. The van der Waals surface area contributed by atoms with Crippen LogP contribution >= 0.6 is 0 Å². The van der Waals surface area contributed by atoms with Crippen LogP contribution in [-0.4, -0.2) is 26.7 Å². The molecule has 1 heterocycles. The topological polar surface area (TPSA) is 80.9 Å². The van der Waals surface area contributed by atoms with E-state index in [9.17, 15) is 0 Å². The number of hydrogen-bond donors (Lipinski definition) is 3. The smallest absolute Gasteiger partial charge is 0.148 e. The van der Waals surface area contributed by atoms with E-state index in [-0.39, 0.29) is 6.17 Å². The van der Waals surface area contributed by atoms with Crippen LogP contribution in [0.4, 0.5) is 17.1 Å². The number of nitrogens with two attached hydrogens (primary N) is 1. The first kappa shape index (κ1) is 15.2. The number of ether oxygens (including phenoxy) is 2. The Hall–Kier alpha value is -2.73. The van der Waals surface area contributed by atoms with Crippen LogP contribution in [0.5, 0.6) is 5.75 Å². The van der Waals surface area contributed by atoms with Gasteiger partial charge in [0.2, 0.25) is 0 Å². The molecule has 6 heteroatoms. The number of aliphatic imine (C=N–C) groups is 1. The number of anilines is 3. The van der Waals surface area contributed by atoms with Gasteiger partial charge in [-0.3, -0.25) is 0 Å². The summed E-state index contributed by atoms with van der Waals surface area (Å²) in [7, 11) is 1.65. The van der Waals surface area contributed by atoms with Gasteiger partial charge in [-0.2, -0.15) is 0 Å². The lowest BCUT2D eigenvalue weighted by atomic mass is 10.1. The van der Waals surface area contributed by atoms with Crippen LogP contribution in [0.1, 0.15) is 11.7 Å². The van der Waals surface area contributed by atoms with Crippen LogP contribution in [0.2, 0.25) is 0 Å². The van der Waals surface area contributed by atoms with E-state index in [1.165, 1.54) is 0 Å². The maximum atomic E-state index is 5.71. The van der Waals surface area contributed by atoms with Gasteiger partial charge >= 0.3 is 0 Å². The molecule has 4 N–H and O–H groups in total. The molecule has 0 bridgehead atoms. The first-order valence-electron chi connectivity index (χ1n) is 7.42. The zero-order valence-electron chi connectivity index (χ0n) is 13.0. The molecule has 0 radical (unpaired) electrons. The van der Waals surface area contributed by atoms with Crippen molar-refractivity contribution in [3.8, 4) is 5.75 Å². The number of nitrogen functional groups attached to an aromatic ring is 1. The first-order chi connectivity index (χ1) is 11.3. The maximum Gasteiger partial charge on any atom is 0.148 e. The quantitative estimate of drug-likeness (QED) is 0.564. The molecule has 2 aromatic rings. The zero-order chi connectivity index (χ0) is 16.1. The highest BCUT2D eigenvalue weighted by Crippen LogP contribution is 2.32. The molecule has 0 spiro atoms. The summed E-state index contributed by atoms with van der Waals surface area (Å²) in [6.07, 6.45) is 1.54. The van der Waals surface area contributed by atoms with Gasteiger partial charge in [-0.25, -0.2) is 4.99 Å². The predicted octanol–water partition coefficient (Wildman–Crippen LogP) is 2.86. The van der Waals surface area contributed by atoms with Gasteiger partial charge in [0.25, 0.3) is 0 Å². The summed E-state index contributed by atoms with van der Waals surface area (Å²) in [4.78, 5) is 4.45. The monoisotopic (exact) mass is 312 g/mol. The predicted molar refractivity (Wildman–Crippen MR) is 93.1 cm³/mol. The minimum Gasteiger partial charge on any atom is -0.491 e. The van der Waals surface area contributed by atoms with Crippen LogP contribution in [0.15, 0.2) is 47.5 Å². The minimum atomic E-state index is -0.150. The van der Waals surface area contributed by atoms with Crippen molar-refractivity contribution in [3.05, 3.63) is 48.0 Å². The lowest BCUT2D eigenvalue weighted by molar-refractivity contribution is 0.146. The second kappa shape index (κ2) is 7.02. The molecule has 0 saturated heterocycles. The second-order valence-corrected chi connectivity index (χ2v) is 5.18. The van der Waals surface area contributed by atoms with Gasteiger partial charge in [-0.05, 0) is 36.4 Å². The Balaban J connectivity index is 1.74. The van der Waals surface area contributed by atoms with E-state index in [4.69, 9.17) is 15.2 Å². The number of rotatable bonds is 6. The van der Waals surface area contributed by atoms with Crippen LogP contribution in [-0.2, 0) is 4.74 Å². The van der Waals surface area contributed by atoms with Crippen molar-refractivity contribution >= 4 is 23.4 Å². The third-order valence-corrected chi connectivity index (χ3v) is 3.53. The Morgan fingerprint density at radius 2 is 2.00 bits per heavy atom. The van der Waals surface area contributed by atoms with Gasteiger partial charge in [0.15, 0.2) is 0 Å². The Kier molecular flexibility index (Phi) is 4.63. The van der Waals surface area contributed by atoms with Crippen molar-refractivity contribution in [1.29, 1.82) is 0 Å². The Bertz CT molecular complexity index is 685. The summed E-state index contributed by atoms with van der Waals surface area (Å²) >= 11 is 0. The normalized spacial score (nSPS) is 15.6. The van der Waals surface area contributed by atoms with E-state index in [1.54, 1.807) is 13.4 Å². The fourth-order valence-corrected chi connectivity index (χ4v) is 2.35. The first-order valence-corrected chi connectivity index (χ1v) is 7.42. The van der Waals surface area contributed by atoms with Crippen LogP contribution in [0.25, 0.3) is 0 Å². The number of benzene rings is 2. The minimum absolute atomic E-state index is 0.150. The molecule has 1 aliphatic heterocycles. The highest BCUT2D eigenvalue weighted by atomic mass is 16.5. The number of methoxy groups -OCH3 is 1. The molecular formula is C17H20N4O2. The molecule has 1 aliphatic rings. The molecular weight excluding hydrogens is 292 g/mol. The third-order valence-electron chi connectivity index (χ3n) is 3.53. The summed E-state index contributed by atoms with van der Waals surface area (Å²) in [6.45, 7) is 1.09. The fraction of sp³-hybridized carbons (Fsp3) is 0.235. The van der Waals surface area contributed by atoms with Crippen molar-refractivity contribution < 1.29 is 9.47 Å². The van der Waals surface area contributed by atoms with E-state index in [2.05, 4.69) is 15.6 Å². The number of nitrogens with one attached hydrogen (secondary N) is 2. The molecule has 120 valence electrons. The van der Waals surface area contributed by atoms with E-state index < -0.39 is 0 Å². The summed E-state index contributed by atoms with van der Waals surface area (Å²) in [5, 5.41) is 6.54. The van der Waals surface area contributed by atoms with E-state index >= 15 is 0 Å². The molecule has 0 amide bonds. The lowest BCUT2D eigenvalue weighted by Gasteiger charge is -2.23. The van der Waals surface area contributed by atoms with Crippen molar-refractivity contribution in [3.63, 3.8) is 0 Å². The highest BCUT2D eigenvalue weighted by Gasteiger charge is 2.17. The molecule has 0 fully saturated rings. The summed E-state index contributed by atoms with van der Waals surface area (Å²) in [6, 6.07) is 13.5. The van der Waals surface area contributed by atoms with Gasteiger partial charge in [0.05, 0.1) is 18.6 Å². The lowest BCUT2D eigenvalue weighted by Crippen LogP contribution is -2.17. The van der Waals surface area contributed by atoms with Crippen molar-refractivity contribution in [2.75, 3.05) is 36.7 Å². The second-order valence-electron chi connectivity index (χ2n) is 5.18. The summed E-state index contributed by atoms with van der Waals surface area (Å²) < 4.78 is 10.6. The van der Waals surface area contributed by atoms with E-state index in [1.807, 2.05) is 42.5 Å². The molecule has 3 rings (SSSR count). The van der Waals surface area contributed by atoms with Gasteiger partial charge < -0.3 is 25.8 Å². The zero-order valence-corrected chi connectivity index (χ0v) is 13.0. The Morgan fingerprint density at radius 1 is 1.17 bits per heavy atom. The number of fused-ring (bicyclic) bond motifs is 1. The van der Waals surface area contributed by atoms with Gasteiger partial charge in [-0.15, -0.1) is 0 Å². The highest BCUT2D eigenvalue weighted by molar-refractivity contribution is 5.81. The molecule has 2 aromatic carbocycles. The summed E-state index contributed by atoms with van der Waals surface area (Å²) in [5.41, 5.74) is 9.45. The van der Waals surface area contributed by atoms with Gasteiger partial charge in [0.1, 0.15) is 18.5 Å². The average molecular weight is 312 g/mol. The summed E-state index contributed by atoms with van der Waals surface area (Å²) in [5.74, 6) is 0.801. The van der Waals surface area contributed by atoms with E-state index in [0.717, 1.165) is 28.4 Å². The maximum absolute atomic E-state index is 5.71. The van der Waals surface area contributed by atoms with Crippen molar-refractivity contribution in [2.45, 2.75) is 6.17 Å². The molecule has 0 aromatic heterocycles. The molecule has 23 heavy (non-hydrogen) atoms. The average Bonchev–Trinajstić information content (AvgIpc) is 2.57. The Morgan fingerprint density at radius 3 is 2.78 bits per heavy atom. The van der Waals surface area contributed by atoms with Crippen LogP contribution in [0.3, 0.4) is 0 Å². The van der Waals surface area contributed by atoms with Crippen molar-refractivity contribution in [1.82, 2.24) is 0 Å². The SMILES string of the molecule is COCCOc1ccc2c(c1)NC=NC2Nc1ccc(N)cc1.